The number of aliphatic hydroxyl groups is 1. The molecule has 1 aromatic rings. The zero-order valence-corrected chi connectivity index (χ0v) is 9.85. The highest BCUT2D eigenvalue weighted by Gasteiger charge is 2.11. The van der Waals surface area contributed by atoms with Gasteiger partial charge in [0.25, 0.3) is 0 Å². The van der Waals surface area contributed by atoms with Crippen LogP contribution in [0.5, 0.6) is 0 Å². The van der Waals surface area contributed by atoms with Gasteiger partial charge >= 0.3 is 0 Å². The van der Waals surface area contributed by atoms with E-state index >= 15 is 0 Å². The number of nitrogens with two attached hydrogens (primary N) is 1. The van der Waals surface area contributed by atoms with Gasteiger partial charge in [0.1, 0.15) is 10.7 Å². The Labute approximate surface area is 97.6 Å². The van der Waals surface area contributed by atoms with Crippen molar-refractivity contribution in [2.24, 2.45) is 10.9 Å². The highest BCUT2D eigenvalue weighted by atomic mass is 32.2. The maximum absolute atomic E-state index is 9.32. The van der Waals surface area contributed by atoms with Crippen molar-refractivity contribution in [2.75, 3.05) is 0 Å². The average molecular weight is 242 g/mol. The molecule has 1 rings (SSSR count). The largest absolute Gasteiger partial charge is 0.409 e. The van der Waals surface area contributed by atoms with Crippen LogP contribution in [0.4, 0.5) is 0 Å². The molecule has 88 valence electrons. The van der Waals surface area contributed by atoms with Crippen molar-refractivity contribution in [2.45, 2.75) is 30.2 Å². The minimum absolute atomic E-state index is 0.0315. The summed E-state index contributed by atoms with van der Waals surface area (Å²) in [5, 5.41) is 21.3. The van der Waals surface area contributed by atoms with Crippen molar-refractivity contribution < 1.29 is 10.3 Å². The average Bonchev–Trinajstić information content (AvgIpc) is 2.28. The molecule has 0 aliphatic rings. The number of rotatable bonds is 4. The molecular formula is C9H14N4O2S. The van der Waals surface area contributed by atoms with Crippen molar-refractivity contribution in [3.05, 3.63) is 18.1 Å². The fraction of sp³-hybridized carbons (Fsp3) is 0.444. The Morgan fingerprint density at radius 3 is 2.56 bits per heavy atom. The predicted octanol–water partition coefficient (Wildman–Crippen LogP) is 0.433. The molecule has 0 spiro atoms. The maximum Gasteiger partial charge on any atom is 0.190 e. The van der Waals surface area contributed by atoms with Crippen LogP contribution in [0, 0.1) is 0 Å². The van der Waals surface area contributed by atoms with E-state index < -0.39 is 6.10 Å². The summed E-state index contributed by atoms with van der Waals surface area (Å²) in [7, 11) is 0. The Morgan fingerprint density at radius 2 is 2.12 bits per heavy atom. The van der Waals surface area contributed by atoms with E-state index in [0.29, 0.717) is 10.7 Å². The zero-order valence-electron chi connectivity index (χ0n) is 9.03. The first kappa shape index (κ1) is 12.7. The van der Waals surface area contributed by atoms with E-state index in [1.54, 1.807) is 6.92 Å². The van der Waals surface area contributed by atoms with E-state index in [4.69, 9.17) is 10.9 Å². The lowest BCUT2D eigenvalue weighted by molar-refractivity contribution is 0.196. The molecule has 4 N–H and O–H groups in total. The van der Waals surface area contributed by atoms with Crippen LogP contribution in [0.3, 0.4) is 0 Å². The highest BCUT2D eigenvalue weighted by molar-refractivity contribution is 7.99. The monoisotopic (exact) mass is 242 g/mol. The number of hydrogen-bond acceptors (Lipinski definition) is 6. The van der Waals surface area contributed by atoms with E-state index in [2.05, 4.69) is 15.1 Å². The summed E-state index contributed by atoms with van der Waals surface area (Å²) >= 11 is 1.41. The van der Waals surface area contributed by atoms with Crippen LogP contribution in [-0.2, 0) is 0 Å². The Morgan fingerprint density at radius 1 is 1.44 bits per heavy atom. The molecule has 16 heavy (non-hydrogen) atoms. The number of nitrogens with zero attached hydrogens (tertiary/aromatic N) is 3. The fourth-order valence-corrected chi connectivity index (χ4v) is 1.65. The quantitative estimate of drug-likeness (QED) is 0.232. The Balaban J connectivity index is 2.72. The third-order valence-electron chi connectivity index (χ3n) is 1.98. The number of aromatic nitrogens is 2. The van der Waals surface area contributed by atoms with E-state index in [1.807, 2.05) is 6.92 Å². The lowest BCUT2D eigenvalue weighted by Crippen LogP contribution is -2.17. The molecule has 0 fully saturated rings. The molecule has 1 heterocycles. The normalized spacial score (nSPS) is 15.8. The van der Waals surface area contributed by atoms with Crippen LogP contribution < -0.4 is 5.73 Å². The summed E-state index contributed by atoms with van der Waals surface area (Å²) in [6, 6.07) is 0. The van der Waals surface area contributed by atoms with Gasteiger partial charge in [0, 0.05) is 5.25 Å². The van der Waals surface area contributed by atoms with Crippen LogP contribution in [-0.4, -0.2) is 37.5 Å². The molecule has 6 nitrogen and oxygen atoms in total. The van der Waals surface area contributed by atoms with Gasteiger partial charge in [-0.1, -0.05) is 23.8 Å². The van der Waals surface area contributed by atoms with E-state index in [-0.39, 0.29) is 11.1 Å². The standard InChI is InChI=1S/C9H14N4O2S/c1-5(14)6(2)16-8-4-11-7(3-12-8)9(10)13-15/h3-6,14-15H,1-2H3,(H2,10,13). The van der Waals surface area contributed by atoms with Gasteiger partial charge in [-0.25, -0.2) is 9.97 Å². The summed E-state index contributed by atoms with van der Waals surface area (Å²) in [5.41, 5.74) is 5.66. The number of aliphatic hydroxyl groups excluding tert-OH is 1. The molecule has 2 unspecified atom stereocenters. The minimum atomic E-state index is -0.421. The maximum atomic E-state index is 9.32. The van der Waals surface area contributed by atoms with Crippen LogP contribution in [0.25, 0.3) is 0 Å². The van der Waals surface area contributed by atoms with Crippen molar-refractivity contribution >= 4 is 17.6 Å². The molecule has 0 aliphatic heterocycles. The van der Waals surface area contributed by atoms with Gasteiger partial charge in [0.05, 0.1) is 18.5 Å². The van der Waals surface area contributed by atoms with Crippen molar-refractivity contribution in [1.82, 2.24) is 9.97 Å². The van der Waals surface area contributed by atoms with Crippen LogP contribution in [0.1, 0.15) is 19.5 Å². The summed E-state index contributed by atoms with van der Waals surface area (Å²) in [4.78, 5) is 8.07. The summed E-state index contributed by atoms with van der Waals surface area (Å²) in [6.45, 7) is 3.62. The third-order valence-corrected chi connectivity index (χ3v) is 3.20. The first-order chi connectivity index (χ1) is 7.54. The molecule has 0 aromatic carbocycles. The van der Waals surface area contributed by atoms with Gasteiger partial charge in [-0.15, -0.1) is 0 Å². The first-order valence-corrected chi connectivity index (χ1v) is 5.57. The summed E-state index contributed by atoms with van der Waals surface area (Å²) < 4.78 is 0. The van der Waals surface area contributed by atoms with E-state index in [0.717, 1.165) is 0 Å². The van der Waals surface area contributed by atoms with Crippen molar-refractivity contribution in [3.8, 4) is 0 Å². The Bertz CT molecular complexity index is 366. The van der Waals surface area contributed by atoms with Gasteiger partial charge < -0.3 is 16.0 Å². The second-order valence-electron chi connectivity index (χ2n) is 3.29. The number of amidine groups is 1. The molecule has 0 aliphatic carbocycles. The number of thioether (sulfide) groups is 1. The SMILES string of the molecule is CC(O)C(C)Sc1cnc(C(N)=NO)cn1. The number of hydrogen-bond donors (Lipinski definition) is 3. The second-order valence-corrected chi connectivity index (χ2v) is 4.69. The number of oxime groups is 1. The zero-order chi connectivity index (χ0) is 12.1. The molecule has 0 saturated carbocycles. The lowest BCUT2D eigenvalue weighted by atomic mass is 10.3. The molecule has 0 radical (unpaired) electrons. The van der Waals surface area contributed by atoms with Gasteiger partial charge in [0.15, 0.2) is 5.84 Å². The van der Waals surface area contributed by atoms with Crippen LogP contribution in [0.2, 0.25) is 0 Å². The van der Waals surface area contributed by atoms with Crippen molar-refractivity contribution in [1.29, 1.82) is 0 Å². The summed E-state index contributed by atoms with van der Waals surface area (Å²) in [6.07, 6.45) is 2.53. The van der Waals surface area contributed by atoms with E-state index in [1.165, 1.54) is 24.2 Å². The van der Waals surface area contributed by atoms with Gasteiger partial charge in [-0.2, -0.15) is 0 Å². The first-order valence-electron chi connectivity index (χ1n) is 4.69. The van der Waals surface area contributed by atoms with Crippen LogP contribution >= 0.6 is 11.8 Å². The van der Waals surface area contributed by atoms with Gasteiger partial charge in [-0.05, 0) is 6.92 Å². The molecule has 7 heteroatoms. The Kier molecular flexibility index (Phi) is 4.51. The molecular weight excluding hydrogens is 228 g/mol. The lowest BCUT2D eigenvalue weighted by Gasteiger charge is -2.12. The summed E-state index contributed by atoms with van der Waals surface area (Å²) in [5.74, 6) is -0.0763. The molecule has 2 atom stereocenters. The van der Waals surface area contributed by atoms with Crippen molar-refractivity contribution in [3.63, 3.8) is 0 Å². The fourth-order valence-electron chi connectivity index (χ4n) is 0.849. The third kappa shape index (κ3) is 3.35. The van der Waals surface area contributed by atoms with Crippen LogP contribution in [0.15, 0.2) is 22.6 Å². The molecule has 0 saturated heterocycles. The highest BCUT2D eigenvalue weighted by Crippen LogP contribution is 2.22. The molecule has 1 aromatic heterocycles. The van der Waals surface area contributed by atoms with E-state index in [9.17, 15) is 5.11 Å². The topological polar surface area (TPSA) is 105 Å². The second kappa shape index (κ2) is 5.66. The van der Waals surface area contributed by atoms with Gasteiger partial charge in [0.2, 0.25) is 0 Å². The molecule has 0 amide bonds. The molecule has 0 bridgehead atoms. The minimum Gasteiger partial charge on any atom is -0.409 e. The Hall–Kier alpha value is -1.34. The predicted molar refractivity (Wildman–Crippen MR) is 61.5 cm³/mol. The van der Waals surface area contributed by atoms with Gasteiger partial charge in [-0.3, -0.25) is 0 Å². The smallest absolute Gasteiger partial charge is 0.190 e.